The highest BCUT2D eigenvalue weighted by atomic mass is 79.9. The number of ether oxygens (including phenoxy) is 1. The van der Waals surface area contributed by atoms with Crippen LogP contribution in [-0.4, -0.2) is 24.8 Å². The van der Waals surface area contributed by atoms with Gasteiger partial charge < -0.3 is 10.1 Å². The van der Waals surface area contributed by atoms with Crippen molar-refractivity contribution in [2.75, 3.05) is 7.11 Å². The molecule has 1 aromatic rings. The molecule has 1 rings (SSSR count). The largest absolute Gasteiger partial charge is 0.468 e. The van der Waals surface area contributed by atoms with Crippen LogP contribution in [0.5, 0.6) is 0 Å². The first-order valence-electron chi connectivity index (χ1n) is 5.98. The maximum Gasteiger partial charge on any atom is 0.318 e. The first-order valence-corrected chi connectivity index (χ1v) is 6.77. The molecule has 5 nitrogen and oxygen atoms in total. The summed E-state index contributed by atoms with van der Waals surface area (Å²) in [7, 11) is 1.21. The van der Waals surface area contributed by atoms with E-state index in [1.807, 2.05) is 0 Å². The van der Waals surface area contributed by atoms with E-state index in [9.17, 15) is 14.4 Å². The monoisotopic (exact) mass is 341 g/mol. The molecule has 0 aromatic heterocycles. The molecule has 0 bridgehead atoms. The Bertz CT molecular complexity index is 530. The lowest BCUT2D eigenvalue weighted by atomic mass is 9.90. The molecule has 0 spiro atoms. The second-order valence-corrected chi connectivity index (χ2v) is 5.17. The molecule has 1 amide bonds. The molecule has 1 N–H and O–H groups in total. The number of benzene rings is 1. The first-order chi connectivity index (χ1) is 9.38. The van der Waals surface area contributed by atoms with Crippen LogP contribution in [0.4, 0.5) is 0 Å². The molecule has 1 aromatic carbocycles. The van der Waals surface area contributed by atoms with E-state index >= 15 is 0 Å². The zero-order valence-electron chi connectivity index (χ0n) is 11.5. The van der Waals surface area contributed by atoms with Gasteiger partial charge in [-0.2, -0.15) is 0 Å². The molecule has 0 saturated heterocycles. The lowest BCUT2D eigenvalue weighted by Gasteiger charge is -2.25. The highest BCUT2D eigenvalue weighted by molar-refractivity contribution is 9.10. The predicted molar refractivity (Wildman–Crippen MR) is 76.9 cm³/mol. The summed E-state index contributed by atoms with van der Waals surface area (Å²) >= 11 is 3.36. The van der Waals surface area contributed by atoms with Crippen LogP contribution in [-0.2, 0) is 19.1 Å². The van der Waals surface area contributed by atoms with Crippen LogP contribution in [0.2, 0.25) is 0 Å². The number of hydrogen-bond donors (Lipinski definition) is 1. The first kappa shape index (κ1) is 16.4. The van der Waals surface area contributed by atoms with Crippen molar-refractivity contribution in [1.82, 2.24) is 5.32 Å². The molecule has 0 unspecified atom stereocenters. The lowest BCUT2D eigenvalue weighted by Crippen LogP contribution is -2.39. The van der Waals surface area contributed by atoms with Gasteiger partial charge in [-0.3, -0.25) is 14.4 Å². The standard InChI is InChI=1S/C14H16BrNO4/c1-8(17)12(14(19)20-3)13(16-9(2)18)10-6-4-5-7-11(10)15/h4-7,12-13H,1-3H3,(H,16,18)/t12-,13-/m0/s1. The van der Waals surface area contributed by atoms with Crippen molar-refractivity contribution in [3.05, 3.63) is 34.3 Å². The third-order valence-corrected chi connectivity index (χ3v) is 3.55. The number of rotatable bonds is 5. The summed E-state index contributed by atoms with van der Waals surface area (Å²) in [5.74, 6) is -2.46. The van der Waals surface area contributed by atoms with Crippen LogP contribution < -0.4 is 5.32 Å². The maximum absolute atomic E-state index is 11.9. The second kappa shape index (κ2) is 7.19. The average Bonchev–Trinajstić information content (AvgIpc) is 2.37. The fraction of sp³-hybridized carbons (Fsp3) is 0.357. The van der Waals surface area contributed by atoms with E-state index in [2.05, 4.69) is 26.0 Å². The molecule has 2 atom stereocenters. The molecule has 0 aliphatic heterocycles. The molecule has 0 aliphatic carbocycles. The van der Waals surface area contributed by atoms with Gasteiger partial charge in [-0.05, 0) is 18.6 Å². The Labute approximate surface area is 125 Å². The summed E-state index contributed by atoms with van der Waals surface area (Å²) in [6.07, 6.45) is 0. The number of halogens is 1. The predicted octanol–water partition coefficient (Wildman–Crippen LogP) is 2.00. The molecule has 108 valence electrons. The van der Waals surface area contributed by atoms with Crippen molar-refractivity contribution in [1.29, 1.82) is 0 Å². The number of ketones is 1. The van der Waals surface area contributed by atoms with Gasteiger partial charge in [0, 0.05) is 11.4 Å². The van der Waals surface area contributed by atoms with E-state index in [1.54, 1.807) is 24.3 Å². The lowest BCUT2D eigenvalue weighted by molar-refractivity contribution is -0.150. The normalized spacial score (nSPS) is 13.2. The van der Waals surface area contributed by atoms with Gasteiger partial charge in [-0.15, -0.1) is 0 Å². The fourth-order valence-electron chi connectivity index (χ4n) is 1.95. The summed E-state index contributed by atoms with van der Waals surface area (Å²) in [5, 5.41) is 2.64. The molecule has 0 heterocycles. The van der Waals surface area contributed by atoms with Gasteiger partial charge in [0.2, 0.25) is 5.91 Å². The summed E-state index contributed by atoms with van der Waals surface area (Å²) in [5.41, 5.74) is 0.647. The Hall–Kier alpha value is -1.69. The summed E-state index contributed by atoms with van der Waals surface area (Å²) in [4.78, 5) is 35.0. The minimum absolute atomic E-state index is 0.332. The van der Waals surface area contributed by atoms with E-state index in [4.69, 9.17) is 0 Å². The van der Waals surface area contributed by atoms with Gasteiger partial charge >= 0.3 is 5.97 Å². The molecule has 0 fully saturated rings. The Morgan fingerprint density at radius 2 is 1.80 bits per heavy atom. The number of nitrogens with one attached hydrogen (secondary N) is 1. The number of hydrogen-bond acceptors (Lipinski definition) is 4. The molecular weight excluding hydrogens is 326 g/mol. The number of carbonyl (C=O) groups is 3. The zero-order chi connectivity index (χ0) is 15.3. The number of amides is 1. The number of carbonyl (C=O) groups excluding carboxylic acids is 3. The molecule has 0 radical (unpaired) electrons. The molecular formula is C14H16BrNO4. The van der Waals surface area contributed by atoms with E-state index in [1.165, 1.54) is 21.0 Å². The van der Waals surface area contributed by atoms with Crippen LogP contribution >= 0.6 is 15.9 Å². The van der Waals surface area contributed by atoms with Crippen LogP contribution in [0.1, 0.15) is 25.5 Å². The van der Waals surface area contributed by atoms with Crippen LogP contribution in [0.15, 0.2) is 28.7 Å². The third-order valence-electron chi connectivity index (χ3n) is 2.83. The maximum atomic E-state index is 11.9. The highest BCUT2D eigenvalue weighted by Crippen LogP contribution is 2.30. The Morgan fingerprint density at radius 3 is 2.25 bits per heavy atom. The van der Waals surface area contributed by atoms with Gasteiger partial charge in [0.25, 0.3) is 0 Å². The van der Waals surface area contributed by atoms with Gasteiger partial charge in [0.05, 0.1) is 13.2 Å². The van der Waals surface area contributed by atoms with Crippen LogP contribution in [0.3, 0.4) is 0 Å². The number of methoxy groups -OCH3 is 1. The molecule has 0 saturated carbocycles. The van der Waals surface area contributed by atoms with Gasteiger partial charge in [0.1, 0.15) is 11.7 Å². The van der Waals surface area contributed by atoms with Crippen molar-refractivity contribution >= 4 is 33.6 Å². The van der Waals surface area contributed by atoms with Crippen molar-refractivity contribution < 1.29 is 19.1 Å². The van der Waals surface area contributed by atoms with E-state index in [0.29, 0.717) is 10.0 Å². The zero-order valence-corrected chi connectivity index (χ0v) is 13.1. The molecule has 6 heteroatoms. The van der Waals surface area contributed by atoms with Crippen LogP contribution in [0.25, 0.3) is 0 Å². The number of Topliss-reactive ketones (excluding diaryl/α,β-unsaturated/α-hetero) is 1. The van der Waals surface area contributed by atoms with Crippen molar-refractivity contribution in [3.8, 4) is 0 Å². The summed E-state index contributed by atoms with van der Waals surface area (Å²) < 4.78 is 5.37. The Morgan fingerprint density at radius 1 is 1.20 bits per heavy atom. The minimum Gasteiger partial charge on any atom is -0.468 e. The van der Waals surface area contributed by atoms with Crippen LogP contribution in [0, 0.1) is 5.92 Å². The van der Waals surface area contributed by atoms with E-state index < -0.39 is 17.9 Å². The fourth-order valence-corrected chi connectivity index (χ4v) is 2.48. The number of esters is 1. The Balaban J connectivity index is 3.30. The smallest absolute Gasteiger partial charge is 0.318 e. The minimum atomic E-state index is -1.08. The van der Waals surface area contributed by atoms with E-state index in [-0.39, 0.29) is 11.7 Å². The van der Waals surface area contributed by atoms with Crippen molar-refractivity contribution in [2.45, 2.75) is 19.9 Å². The summed E-state index contributed by atoms with van der Waals surface area (Å²) in [6, 6.07) is 6.32. The highest BCUT2D eigenvalue weighted by Gasteiger charge is 2.35. The SMILES string of the molecule is COC(=O)[C@@H](C(C)=O)[C@@H](NC(C)=O)c1ccccc1Br. The quantitative estimate of drug-likeness (QED) is 0.656. The third kappa shape index (κ3) is 3.90. The molecule has 0 aliphatic rings. The van der Waals surface area contributed by atoms with E-state index in [0.717, 1.165) is 0 Å². The summed E-state index contributed by atoms with van der Waals surface area (Å²) in [6.45, 7) is 2.63. The van der Waals surface area contributed by atoms with Crippen molar-refractivity contribution in [2.24, 2.45) is 5.92 Å². The van der Waals surface area contributed by atoms with Crippen molar-refractivity contribution in [3.63, 3.8) is 0 Å². The van der Waals surface area contributed by atoms with Gasteiger partial charge in [-0.25, -0.2) is 0 Å². The van der Waals surface area contributed by atoms with Gasteiger partial charge in [0.15, 0.2) is 0 Å². The second-order valence-electron chi connectivity index (χ2n) is 4.31. The topological polar surface area (TPSA) is 72.5 Å². The molecule has 20 heavy (non-hydrogen) atoms. The average molecular weight is 342 g/mol. The van der Waals surface area contributed by atoms with Gasteiger partial charge in [-0.1, -0.05) is 34.1 Å². The Kier molecular flexibility index (Phi) is 5.88.